The molecule has 0 spiro atoms. The maximum atomic E-state index is 13.5. The number of halogens is 1. The molecule has 0 aliphatic heterocycles. The molecule has 0 bridgehead atoms. The quantitative estimate of drug-likeness (QED) is 0.618. The number of hydrogen-bond acceptors (Lipinski definition) is 4. The highest BCUT2D eigenvalue weighted by Gasteiger charge is 2.31. The van der Waals surface area contributed by atoms with E-state index in [1.807, 2.05) is 30.3 Å². The maximum Gasteiger partial charge on any atom is 0.315 e. The Bertz CT molecular complexity index is 850. The fraction of sp³-hybridized carbons (Fsp3) is 0.263. The van der Waals surface area contributed by atoms with Crippen molar-refractivity contribution in [3.8, 4) is 6.07 Å². The van der Waals surface area contributed by atoms with Crippen molar-refractivity contribution >= 4 is 11.7 Å². The predicted octanol–water partition coefficient (Wildman–Crippen LogP) is 2.07. The molecule has 2 amide bonds. The van der Waals surface area contributed by atoms with Gasteiger partial charge in [-0.15, -0.1) is 0 Å². The highest BCUT2D eigenvalue weighted by molar-refractivity contribution is 5.75. The van der Waals surface area contributed by atoms with Crippen molar-refractivity contribution in [1.29, 1.82) is 5.26 Å². The first-order valence-corrected chi connectivity index (χ1v) is 8.33. The van der Waals surface area contributed by atoms with E-state index in [0.29, 0.717) is 18.7 Å². The molecule has 1 aliphatic carbocycles. The molecule has 0 saturated carbocycles. The van der Waals surface area contributed by atoms with E-state index >= 15 is 0 Å². The van der Waals surface area contributed by atoms with Crippen LogP contribution >= 0.6 is 0 Å². The van der Waals surface area contributed by atoms with Crippen LogP contribution in [0.2, 0.25) is 0 Å². The van der Waals surface area contributed by atoms with E-state index in [0.717, 1.165) is 11.1 Å². The summed E-state index contributed by atoms with van der Waals surface area (Å²) in [4.78, 5) is 12.1. The van der Waals surface area contributed by atoms with Crippen molar-refractivity contribution in [2.45, 2.75) is 18.6 Å². The number of rotatable bonds is 5. The number of anilines is 1. The normalized spacial score (nSPS) is 17.9. The Kier molecular flexibility index (Phi) is 5.34. The molecular weight excluding hydrogens is 335 g/mol. The Labute approximate surface area is 150 Å². The van der Waals surface area contributed by atoms with Crippen LogP contribution in [0.3, 0.4) is 0 Å². The average Bonchev–Trinajstić information content (AvgIpc) is 2.94. The number of nitriles is 1. The number of carbonyl (C=O) groups is 1. The number of fused-ring (bicyclic) bond motifs is 1. The molecule has 2 atom stereocenters. The lowest BCUT2D eigenvalue weighted by atomic mass is 10.1. The van der Waals surface area contributed by atoms with Gasteiger partial charge in [0.05, 0.1) is 17.8 Å². The molecule has 6 nitrogen and oxygen atoms in total. The van der Waals surface area contributed by atoms with Crippen molar-refractivity contribution in [3.05, 3.63) is 65.0 Å². The van der Waals surface area contributed by atoms with E-state index in [1.54, 1.807) is 6.07 Å². The molecule has 0 aromatic heterocycles. The van der Waals surface area contributed by atoms with E-state index in [1.165, 1.54) is 12.1 Å². The second kappa shape index (κ2) is 7.85. The summed E-state index contributed by atoms with van der Waals surface area (Å²) >= 11 is 0. The van der Waals surface area contributed by atoms with Gasteiger partial charge in [0.25, 0.3) is 0 Å². The van der Waals surface area contributed by atoms with Crippen molar-refractivity contribution in [2.75, 3.05) is 18.4 Å². The molecular formula is C19H19FN4O2. The Balaban J connectivity index is 1.49. The lowest BCUT2D eigenvalue weighted by Gasteiger charge is -2.18. The van der Waals surface area contributed by atoms with Gasteiger partial charge in [-0.25, -0.2) is 9.18 Å². The van der Waals surface area contributed by atoms with Gasteiger partial charge in [0.15, 0.2) is 0 Å². The molecule has 0 unspecified atom stereocenters. The topological polar surface area (TPSA) is 97.2 Å². The van der Waals surface area contributed by atoms with Crippen molar-refractivity contribution < 1.29 is 14.3 Å². The standard InChI is InChI=1S/C19H19FN4O2/c20-15-6-3-7-16(14(15)11-21)22-8-9-23-19(26)24-18-13-5-2-1-4-12(13)10-17(18)25/h1-7,17-18,22,25H,8-10H2,(H2,23,24,26)/t17-,18-/m1/s1. The number of aliphatic hydroxyl groups excluding tert-OH is 1. The van der Waals surface area contributed by atoms with Crippen molar-refractivity contribution in [3.63, 3.8) is 0 Å². The molecule has 0 fully saturated rings. The molecule has 0 saturated heterocycles. The van der Waals surface area contributed by atoms with Gasteiger partial charge < -0.3 is 21.1 Å². The van der Waals surface area contributed by atoms with Crippen LogP contribution in [0, 0.1) is 17.1 Å². The molecule has 1 aliphatic rings. The van der Waals surface area contributed by atoms with Gasteiger partial charge in [-0.1, -0.05) is 30.3 Å². The summed E-state index contributed by atoms with van der Waals surface area (Å²) in [5.74, 6) is -0.586. The van der Waals surface area contributed by atoms with Crippen LogP contribution in [0.5, 0.6) is 0 Å². The Morgan fingerprint density at radius 2 is 2.04 bits per heavy atom. The van der Waals surface area contributed by atoms with Gasteiger partial charge in [0.2, 0.25) is 0 Å². The number of benzene rings is 2. The second-order valence-corrected chi connectivity index (χ2v) is 6.05. The molecule has 134 valence electrons. The molecule has 7 heteroatoms. The van der Waals surface area contributed by atoms with Gasteiger partial charge >= 0.3 is 6.03 Å². The predicted molar refractivity (Wildman–Crippen MR) is 95.0 cm³/mol. The van der Waals surface area contributed by atoms with Crippen LogP contribution in [0.25, 0.3) is 0 Å². The number of nitrogens with zero attached hydrogens (tertiary/aromatic N) is 1. The molecule has 4 N–H and O–H groups in total. The largest absolute Gasteiger partial charge is 0.390 e. The number of amides is 2. The molecule has 0 heterocycles. The molecule has 2 aromatic carbocycles. The number of carbonyl (C=O) groups excluding carboxylic acids is 1. The van der Waals surface area contributed by atoms with Crippen LogP contribution in [0.15, 0.2) is 42.5 Å². The lowest BCUT2D eigenvalue weighted by molar-refractivity contribution is 0.142. The van der Waals surface area contributed by atoms with Crippen molar-refractivity contribution in [1.82, 2.24) is 10.6 Å². The second-order valence-electron chi connectivity index (χ2n) is 6.05. The van der Waals surface area contributed by atoms with E-state index in [4.69, 9.17) is 5.26 Å². The SMILES string of the molecule is N#Cc1c(F)cccc1NCCNC(=O)N[C@@H]1c2ccccc2C[C@H]1O. The van der Waals surface area contributed by atoms with Crippen LogP contribution in [-0.2, 0) is 6.42 Å². The molecule has 2 aromatic rings. The zero-order valence-corrected chi connectivity index (χ0v) is 14.0. The molecule has 3 rings (SSSR count). The summed E-state index contributed by atoms with van der Waals surface area (Å²) in [6.45, 7) is 0.604. The maximum absolute atomic E-state index is 13.5. The third kappa shape index (κ3) is 3.76. The summed E-state index contributed by atoms with van der Waals surface area (Å²) in [7, 11) is 0. The van der Waals surface area contributed by atoms with E-state index < -0.39 is 24.0 Å². The minimum Gasteiger partial charge on any atom is -0.390 e. The third-order valence-corrected chi connectivity index (χ3v) is 4.34. The number of aliphatic hydroxyl groups is 1. The Hall–Kier alpha value is -3.11. The minimum absolute atomic E-state index is 0.0531. The highest BCUT2D eigenvalue weighted by atomic mass is 19.1. The number of urea groups is 1. The number of nitrogens with one attached hydrogen (secondary N) is 3. The molecule has 0 radical (unpaired) electrons. The van der Waals surface area contributed by atoms with Gasteiger partial charge in [-0.3, -0.25) is 0 Å². The summed E-state index contributed by atoms with van der Waals surface area (Å²) in [6.07, 6.45) is -0.138. The van der Waals surface area contributed by atoms with Gasteiger partial charge in [-0.05, 0) is 23.3 Å². The van der Waals surface area contributed by atoms with Crippen LogP contribution in [0.1, 0.15) is 22.7 Å². The average molecular weight is 354 g/mol. The van der Waals surface area contributed by atoms with Crippen LogP contribution in [0.4, 0.5) is 14.9 Å². The van der Waals surface area contributed by atoms with E-state index in [2.05, 4.69) is 16.0 Å². The smallest absolute Gasteiger partial charge is 0.315 e. The van der Waals surface area contributed by atoms with E-state index in [9.17, 15) is 14.3 Å². The van der Waals surface area contributed by atoms with Gasteiger partial charge in [-0.2, -0.15) is 5.26 Å². The van der Waals surface area contributed by atoms with Gasteiger partial charge in [0.1, 0.15) is 17.4 Å². The zero-order chi connectivity index (χ0) is 18.5. The van der Waals surface area contributed by atoms with Crippen molar-refractivity contribution in [2.24, 2.45) is 0 Å². The Morgan fingerprint density at radius 3 is 2.85 bits per heavy atom. The molecule has 26 heavy (non-hydrogen) atoms. The fourth-order valence-electron chi connectivity index (χ4n) is 3.10. The third-order valence-electron chi connectivity index (χ3n) is 4.34. The summed E-state index contributed by atoms with van der Waals surface area (Å²) in [5.41, 5.74) is 2.28. The minimum atomic E-state index is -0.651. The summed E-state index contributed by atoms with van der Waals surface area (Å²) < 4.78 is 13.5. The van der Waals surface area contributed by atoms with Crippen LogP contribution < -0.4 is 16.0 Å². The first-order valence-electron chi connectivity index (χ1n) is 8.33. The highest BCUT2D eigenvalue weighted by Crippen LogP contribution is 2.31. The fourth-order valence-corrected chi connectivity index (χ4v) is 3.10. The lowest BCUT2D eigenvalue weighted by Crippen LogP contribution is -2.42. The number of hydrogen-bond donors (Lipinski definition) is 4. The van der Waals surface area contributed by atoms with Crippen LogP contribution in [-0.4, -0.2) is 30.3 Å². The Morgan fingerprint density at radius 1 is 1.23 bits per heavy atom. The summed E-state index contributed by atoms with van der Waals surface area (Å²) in [5, 5.41) is 27.5. The first-order chi connectivity index (χ1) is 12.6. The van der Waals surface area contributed by atoms with E-state index in [-0.39, 0.29) is 12.1 Å². The van der Waals surface area contributed by atoms with Gasteiger partial charge in [0, 0.05) is 19.5 Å². The monoisotopic (exact) mass is 354 g/mol. The summed E-state index contributed by atoms with van der Waals surface area (Å²) in [6, 6.07) is 12.9. The zero-order valence-electron chi connectivity index (χ0n) is 14.0. The first kappa shape index (κ1) is 17.7.